The Morgan fingerprint density at radius 3 is 2.56 bits per heavy atom. The van der Waals surface area contributed by atoms with E-state index in [0.717, 1.165) is 6.42 Å². The molecule has 1 aliphatic heterocycles. The van der Waals surface area contributed by atoms with Crippen LogP contribution >= 0.6 is 0 Å². The second-order valence-electron chi connectivity index (χ2n) is 4.38. The SMILES string of the molecule is CCNC(=O)NC[C@H](C)CC1(C)OCCO1. The van der Waals surface area contributed by atoms with Gasteiger partial charge < -0.3 is 20.1 Å². The van der Waals surface area contributed by atoms with Crippen LogP contribution < -0.4 is 10.6 Å². The maximum Gasteiger partial charge on any atom is 0.314 e. The van der Waals surface area contributed by atoms with Crippen LogP contribution in [0.3, 0.4) is 0 Å². The maximum absolute atomic E-state index is 11.2. The summed E-state index contributed by atoms with van der Waals surface area (Å²) in [4.78, 5) is 11.2. The van der Waals surface area contributed by atoms with E-state index in [0.29, 0.717) is 32.2 Å². The molecule has 2 N–H and O–H groups in total. The van der Waals surface area contributed by atoms with Crippen molar-refractivity contribution in [3.63, 3.8) is 0 Å². The lowest BCUT2D eigenvalue weighted by Gasteiger charge is -2.25. The normalized spacial score (nSPS) is 20.4. The highest BCUT2D eigenvalue weighted by Crippen LogP contribution is 2.26. The van der Waals surface area contributed by atoms with Crippen molar-refractivity contribution < 1.29 is 14.3 Å². The number of hydrogen-bond donors (Lipinski definition) is 2. The average molecular weight is 230 g/mol. The first-order valence-corrected chi connectivity index (χ1v) is 5.85. The molecule has 0 bridgehead atoms. The molecule has 2 amide bonds. The Kier molecular flexibility index (Phi) is 5.02. The van der Waals surface area contributed by atoms with Crippen LogP contribution in [0.5, 0.6) is 0 Å². The zero-order chi connectivity index (χ0) is 12.0. The summed E-state index contributed by atoms with van der Waals surface area (Å²) in [5, 5.41) is 5.50. The van der Waals surface area contributed by atoms with Gasteiger partial charge in [-0.05, 0) is 19.8 Å². The first kappa shape index (κ1) is 13.3. The van der Waals surface area contributed by atoms with Crippen LogP contribution in [0, 0.1) is 5.92 Å². The van der Waals surface area contributed by atoms with Gasteiger partial charge in [-0.25, -0.2) is 4.79 Å². The molecule has 0 spiro atoms. The van der Waals surface area contributed by atoms with E-state index in [9.17, 15) is 4.79 Å². The number of rotatable bonds is 5. The zero-order valence-electron chi connectivity index (χ0n) is 10.3. The third-order valence-electron chi connectivity index (χ3n) is 2.57. The summed E-state index contributed by atoms with van der Waals surface area (Å²) >= 11 is 0. The Labute approximate surface area is 96.9 Å². The van der Waals surface area contributed by atoms with E-state index in [1.807, 2.05) is 13.8 Å². The monoisotopic (exact) mass is 230 g/mol. The van der Waals surface area contributed by atoms with E-state index in [4.69, 9.17) is 9.47 Å². The van der Waals surface area contributed by atoms with Gasteiger partial charge in [0.2, 0.25) is 0 Å². The van der Waals surface area contributed by atoms with Crippen molar-refractivity contribution in [1.29, 1.82) is 0 Å². The Hall–Kier alpha value is -0.810. The van der Waals surface area contributed by atoms with Crippen LogP contribution in [-0.4, -0.2) is 38.1 Å². The van der Waals surface area contributed by atoms with Crippen molar-refractivity contribution in [3.8, 4) is 0 Å². The minimum absolute atomic E-state index is 0.118. The summed E-state index contributed by atoms with van der Waals surface area (Å²) < 4.78 is 11.0. The quantitative estimate of drug-likeness (QED) is 0.743. The van der Waals surface area contributed by atoms with Crippen LogP contribution in [0.4, 0.5) is 4.79 Å². The molecule has 0 radical (unpaired) electrons. The van der Waals surface area contributed by atoms with Gasteiger partial charge in [-0.2, -0.15) is 0 Å². The first-order chi connectivity index (χ1) is 7.56. The van der Waals surface area contributed by atoms with Crippen molar-refractivity contribution in [2.75, 3.05) is 26.3 Å². The summed E-state index contributed by atoms with van der Waals surface area (Å²) in [7, 11) is 0. The molecule has 5 nitrogen and oxygen atoms in total. The van der Waals surface area contributed by atoms with Crippen LogP contribution in [0.15, 0.2) is 0 Å². The molecular formula is C11H22N2O3. The fourth-order valence-corrected chi connectivity index (χ4v) is 1.87. The van der Waals surface area contributed by atoms with Gasteiger partial charge in [0.25, 0.3) is 0 Å². The second-order valence-corrected chi connectivity index (χ2v) is 4.38. The highest BCUT2D eigenvalue weighted by molar-refractivity contribution is 5.73. The Morgan fingerprint density at radius 1 is 1.38 bits per heavy atom. The van der Waals surface area contributed by atoms with E-state index in [1.165, 1.54) is 0 Å². The number of hydrogen-bond acceptors (Lipinski definition) is 3. The predicted molar refractivity (Wildman–Crippen MR) is 61.2 cm³/mol. The van der Waals surface area contributed by atoms with Gasteiger partial charge in [0.05, 0.1) is 13.2 Å². The number of nitrogens with one attached hydrogen (secondary N) is 2. The van der Waals surface area contributed by atoms with E-state index in [-0.39, 0.29) is 6.03 Å². The van der Waals surface area contributed by atoms with Crippen molar-refractivity contribution in [3.05, 3.63) is 0 Å². The van der Waals surface area contributed by atoms with Gasteiger partial charge in [-0.3, -0.25) is 0 Å². The summed E-state index contributed by atoms with van der Waals surface area (Å²) in [6.07, 6.45) is 0.791. The van der Waals surface area contributed by atoms with Crippen LogP contribution in [0.2, 0.25) is 0 Å². The van der Waals surface area contributed by atoms with Gasteiger partial charge in [0, 0.05) is 19.5 Å². The molecule has 1 atom stereocenters. The lowest BCUT2D eigenvalue weighted by Crippen LogP contribution is -2.39. The molecule has 16 heavy (non-hydrogen) atoms. The van der Waals surface area contributed by atoms with Gasteiger partial charge in [-0.1, -0.05) is 6.92 Å². The maximum atomic E-state index is 11.2. The third-order valence-corrected chi connectivity index (χ3v) is 2.57. The standard InChI is InChI=1S/C11H22N2O3/c1-4-12-10(14)13-8-9(2)7-11(3)15-5-6-16-11/h9H,4-8H2,1-3H3,(H2,12,13,14)/t9-/m1/s1. The fraction of sp³-hybridized carbons (Fsp3) is 0.909. The molecule has 1 fully saturated rings. The smallest absolute Gasteiger partial charge is 0.314 e. The largest absolute Gasteiger partial charge is 0.348 e. The predicted octanol–water partition coefficient (Wildman–Crippen LogP) is 1.09. The Morgan fingerprint density at radius 2 is 2.00 bits per heavy atom. The molecule has 0 aliphatic carbocycles. The number of carbonyl (C=O) groups is 1. The van der Waals surface area contributed by atoms with Gasteiger partial charge in [-0.15, -0.1) is 0 Å². The molecule has 0 aromatic heterocycles. The minimum atomic E-state index is -0.470. The molecule has 1 rings (SSSR count). The summed E-state index contributed by atoms with van der Waals surface area (Å²) in [5.41, 5.74) is 0. The van der Waals surface area contributed by atoms with Gasteiger partial charge >= 0.3 is 6.03 Å². The van der Waals surface area contributed by atoms with E-state index < -0.39 is 5.79 Å². The van der Waals surface area contributed by atoms with Crippen LogP contribution in [0.1, 0.15) is 27.2 Å². The summed E-state index contributed by atoms with van der Waals surface area (Å²) in [6, 6.07) is -0.118. The van der Waals surface area contributed by atoms with Gasteiger partial charge in [0.15, 0.2) is 5.79 Å². The van der Waals surface area contributed by atoms with Crippen molar-refractivity contribution >= 4 is 6.03 Å². The molecule has 0 unspecified atom stereocenters. The highest BCUT2D eigenvalue weighted by Gasteiger charge is 2.32. The molecule has 0 aromatic carbocycles. The van der Waals surface area contributed by atoms with Gasteiger partial charge in [0.1, 0.15) is 0 Å². The lowest BCUT2D eigenvalue weighted by molar-refractivity contribution is -0.153. The number of carbonyl (C=O) groups excluding carboxylic acids is 1. The molecule has 1 saturated heterocycles. The molecular weight excluding hydrogens is 208 g/mol. The minimum Gasteiger partial charge on any atom is -0.348 e. The molecule has 0 aromatic rings. The molecule has 1 heterocycles. The van der Waals surface area contributed by atoms with Crippen molar-refractivity contribution in [2.24, 2.45) is 5.92 Å². The second kappa shape index (κ2) is 6.06. The first-order valence-electron chi connectivity index (χ1n) is 5.85. The van der Waals surface area contributed by atoms with Crippen molar-refractivity contribution in [2.45, 2.75) is 33.0 Å². The van der Waals surface area contributed by atoms with Crippen LogP contribution in [0.25, 0.3) is 0 Å². The number of urea groups is 1. The third kappa shape index (κ3) is 4.37. The fourth-order valence-electron chi connectivity index (χ4n) is 1.87. The Bertz CT molecular complexity index is 227. The lowest BCUT2D eigenvalue weighted by atomic mass is 10.0. The van der Waals surface area contributed by atoms with Crippen LogP contribution in [-0.2, 0) is 9.47 Å². The van der Waals surface area contributed by atoms with Crippen molar-refractivity contribution in [1.82, 2.24) is 10.6 Å². The average Bonchev–Trinajstić information content (AvgIpc) is 2.62. The van der Waals surface area contributed by atoms with E-state index in [1.54, 1.807) is 0 Å². The zero-order valence-corrected chi connectivity index (χ0v) is 10.3. The molecule has 0 saturated carbocycles. The summed E-state index contributed by atoms with van der Waals surface area (Å²) in [5.74, 6) is -0.145. The molecule has 94 valence electrons. The number of ether oxygens (including phenoxy) is 2. The molecule has 5 heteroatoms. The summed E-state index contributed by atoms with van der Waals surface area (Å²) in [6.45, 7) is 8.51. The topological polar surface area (TPSA) is 59.6 Å². The highest BCUT2D eigenvalue weighted by atomic mass is 16.7. The van der Waals surface area contributed by atoms with E-state index >= 15 is 0 Å². The Balaban J connectivity index is 2.19. The van der Waals surface area contributed by atoms with E-state index in [2.05, 4.69) is 17.6 Å². The number of amides is 2. The molecule has 1 aliphatic rings.